The largest absolute Gasteiger partial charge is 0.373 e. The van der Waals surface area contributed by atoms with Crippen molar-refractivity contribution in [3.63, 3.8) is 0 Å². The van der Waals surface area contributed by atoms with Gasteiger partial charge in [0.05, 0.1) is 36.6 Å². The van der Waals surface area contributed by atoms with E-state index in [0.29, 0.717) is 35.9 Å². The zero-order valence-corrected chi connectivity index (χ0v) is 18.2. The van der Waals surface area contributed by atoms with E-state index in [2.05, 4.69) is 20.6 Å². The molecule has 166 valence electrons. The number of carbonyl (C=O) groups excluding carboxylic acids is 2. The van der Waals surface area contributed by atoms with Crippen LogP contribution < -0.4 is 10.6 Å². The molecule has 3 heterocycles. The minimum atomic E-state index is -0.366. The first-order valence-electron chi connectivity index (χ1n) is 10.8. The Hall–Kier alpha value is -3.52. The van der Waals surface area contributed by atoms with E-state index in [-0.39, 0.29) is 30.5 Å². The number of carbonyl (C=O) groups is 2. The number of benzene rings is 1. The van der Waals surface area contributed by atoms with Crippen molar-refractivity contribution < 1.29 is 14.3 Å². The summed E-state index contributed by atoms with van der Waals surface area (Å²) >= 11 is 0. The molecule has 1 unspecified atom stereocenters. The van der Waals surface area contributed by atoms with Crippen molar-refractivity contribution in [1.29, 1.82) is 0 Å². The molecule has 1 aromatic carbocycles. The Morgan fingerprint density at radius 3 is 2.56 bits per heavy atom. The summed E-state index contributed by atoms with van der Waals surface area (Å²) in [5.74, 6) is 0.0388. The maximum atomic E-state index is 13.2. The summed E-state index contributed by atoms with van der Waals surface area (Å²) in [6.07, 6.45) is 4.03. The molecule has 8 heteroatoms. The van der Waals surface area contributed by atoms with Crippen LogP contribution >= 0.6 is 0 Å². The van der Waals surface area contributed by atoms with Crippen molar-refractivity contribution in [2.24, 2.45) is 0 Å². The highest BCUT2D eigenvalue weighted by Gasteiger charge is 2.28. The molecule has 2 amide bonds. The van der Waals surface area contributed by atoms with Crippen molar-refractivity contribution in [2.75, 3.05) is 6.61 Å². The molecule has 8 nitrogen and oxygen atoms in total. The van der Waals surface area contributed by atoms with Crippen molar-refractivity contribution in [1.82, 2.24) is 25.2 Å². The maximum Gasteiger partial charge on any atom is 0.268 e. The number of hydrogen-bond acceptors (Lipinski definition) is 5. The van der Waals surface area contributed by atoms with Crippen LogP contribution in [0.1, 0.15) is 70.3 Å². The molecular formula is C24H27N5O3. The van der Waals surface area contributed by atoms with E-state index >= 15 is 0 Å². The van der Waals surface area contributed by atoms with Gasteiger partial charge < -0.3 is 19.9 Å². The SMILES string of the molecule is CC[C@@H](NC(=O)c1cc(C(=O)NC(C)c2ncccn2)n2c1COCC2)c1ccccc1. The van der Waals surface area contributed by atoms with Gasteiger partial charge in [0.2, 0.25) is 0 Å². The molecule has 1 aliphatic heterocycles. The number of amides is 2. The topological polar surface area (TPSA) is 98.1 Å². The van der Waals surface area contributed by atoms with Crippen LogP contribution in [0.2, 0.25) is 0 Å². The fraction of sp³-hybridized carbons (Fsp3) is 0.333. The number of ether oxygens (including phenoxy) is 1. The van der Waals surface area contributed by atoms with E-state index in [1.165, 1.54) is 0 Å². The van der Waals surface area contributed by atoms with Gasteiger partial charge in [-0.2, -0.15) is 0 Å². The standard InChI is InChI=1S/C24H27N5O3/c1-3-19(17-8-5-4-6-9-17)28-23(30)18-14-20(29-12-13-32-15-21(18)29)24(31)27-16(2)22-25-10-7-11-26-22/h4-11,14,16,19H,3,12-13,15H2,1-2H3,(H,27,31)(H,28,30)/t16?,19-/m1/s1. The molecule has 4 rings (SSSR count). The third kappa shape index (κ3) is 4.55. The Morgan fingerprint density at radius 1 is 1.09 bits per heavy atom. The highest BCUT2D eigenvalue weighted by atomic mass is 16.5. The first kappa shape index (κ1) is 21.7. The number of fused-ring (bicyclic) bond motifs is 1. The third-order valence-electron chi connectivity index (χ3n) is 5.62. The number of nitrogens with one attached hydrogen (secondary N) is 2. The second-order valence-corrected chi connectivity index (χ2v) is 7.74. The van der Waals surface area contributed by atoms with E-state index in [0.717, 1.165) is 12.0 Å². The molecule has 1 aliphatic rings. The second kappa shape index (κ2) is 9.74. The Bertz CT molecular complexity index is 1080. The van der Waals surface area contributed by atoms with E-state index < -0.39 is 0 Å². The van der Waals surface area contributed by atoms with Crippen LogP contribution in [0.15, 0.2) is 54.9 Å². The summed E-state index contributed by atoms with van der Waals surface area (Å²) in [6, 6.07) is 12.8. The molecule has 0 saturated heterocycles. The molecule has 0 fully saturated rings. The van der Waals surface area contributed by atoms with E-state index in [1.54, 1.807) is 24.5 Å². The van der Waals surface area contributed by atoms with E-state index in [1.807, 2.05) is 48.7 Å². The highest BCUT2D eigenvalue weighted by Crippen LogP contribution is 2.24. The van der Waals surface area contributed by atoms with Gasteiger partial charge in [0, 0.05) is 18.9 Å². The second-order valence-electron chi connectivity index (χ2n) is 7.74. The average molecular weight is 434 g/mol. The normalized spacial score (nSPS) is 14.8. The lowest BCUT2D eigenvalue weighted by Gasteiger charge is -2.21. The summed E-state index contributed by atoms with van der Waals surface area (Å²) in [6.45, 7) is 5.15. The van der Waals surface area contributed by atoms with Gasteiger partial charge in [-0.05, 0) is 31.0 Å². The van der Waals surface area contributed by atoms with Gasteiger partial charge in [0.1, 0.15) is 11.5 Å². The van der Waals surface area contributed by atoms with E-state index in [9.17, 15) is 9.59 Å². The third-order valence-corrected chi connectivity index (χ3v) is 5.62. The van der Waals surface area contributed by atoms with Crippen LogP contribution in [-0.4, -0.2) is 33.0 Å². The smallest absolute Gasteiger partial charge is 0.268 e. The van der Waals surface area contributed by atoms with Crippen molar-refractivity contribution >= 4 is 11.8 Å². The molecule has 0 radical (unpaired) electrons. The maximum absolute atomic E-state index is 13.2. The van der Waals surface area contributed by atoms with Crippen LogP contribution in [0.25, 0.3) is 0 Å². The van der Waals surface area contributed by atoms with Crippen molar-refractivity contribution in [3.8, 4) is 0 Å². The van der Waals surface area contributed by atoms with Gasteiger partial charge in [-0.15, -0.1) is 0 Å². The molecule has 2 atom stereocenters. The molecule has 0 bridgehead atoms. The lowest BCUT2D eigenvalue weighted by atomic mass is 10.0. The zero-order valence-electron chi connectivity index (χ0n) is 18.2. The first-order chi connectivity index (χ1) is 15.6. The predicted molar refractivity (Wildman–Crippen MR) is 119 cm³/mol. The number of rotatable bonds is 7. The average Bonchev–Trinajstić information content (AvgIpc) is 3.23. The van der Waals surface area contributed by atoms with Gasteiger partial charge in [-0.1, -0.05) is 37.3 Å². The van der Waals surface area contributed by atoms with Crippen LogP contribution in [0.3, 0.4) is 0 Å². The molecule has 32 heavy (non-hydrogen) atoms. The summed E-state index contributed by atoms with van der Waals surface area (Å²) < 4.78 is 7.46. The van der Waals surface area contributed by atoms with Crippen LogP contribution in [0.4, 0.5) is 0 Å². The Kier molecular flexibility index (Phi) is 6.61. The van der Waals surface area contributed by atoms with Crippen LogP contribution in [-0.2, 0) is 17.9 Å². The minimum absolute atomic E-state index is 0.115. The minimum Gasteiger partial charge on any atom is -0.373 e. The lowest BCUT2D eigenvalue weighted by Crippen LogP contribution is -2.31. The molecular weight excluding hydrogens is 406 g/mol. The van der Waals surface area contributed by atoms with Gasteiger partial charge in [-0.25, -0.2) is 9.97 Å². The van der Waals surface area contributed by atoms with Gasteiger partial charge in [0.15, 0.2) is 0 Å². The van der Waals surface area contributed by atoms with Crippen LogP contribution in [0, 0.1) is 0 Å². The molecule has 2 N–H and O–H groups in total. The lowest BCUT2D eigenvalue weighted by molar-refractivity contribution is 0.0774. The number of hydrogen-bond donors (Lipinski definition) is 2. The highest BCUT2D eigenvalue weighted by molar-refractivity contribution is 6.01. The van der Waals surface area contributed by atoms with Gasteiger partial charge in [0.25, 0.3) is 11.8 Å². The predicted octanol–water partition coefficient (Wildman–Crippen LogP) is 3.18. The number of nitrogens with zero attached hydrogens (tertiary/aromatic N) is 3. The summed E-state index contributed by atoms with van der Waals surface area (Å²) in [5.41, 5.74) is 2.66. The molecule has 2 aromatic heterocycles. The Morgan fingerprint density at radius 2 is 1.84 bits per heavy atom. The quantitative estimate of drug-likeness (QED) is 0.596. The summed E-state index contributed by atoms with van der Waals surface area (Å²) in [7, 11) is 0. The van der Waals surface area contributed by atoms with Crippen molar-refractivity contribution in [3.05, 3.63) is 83.2 Å². The van der Waals surface area contributed by atoms with Gasteiger partial charge >= 0.3 is 0 Å². The van der Waals surface area contributed by atoms with Crippen LogP contribution in [0.5, 0.6) is 0 Å². The Balaban J connectivity index is 1.57. The number of aromatic nitrogens is 3. The molecule has 0 aliphatic carbocycles. The monoisotopic (exact) mass is 433 g/mol. The first-order valence-corrected chi connectivity index (χ1v) is 10.8. The van der Waals surface area contributed by atoms with Crippen molar-refractivity contribution in [2.45, 2.75) is 45.5 Å². The molecule has 0 spiro atoms. The van der Waals surface area contributed by atoms with E-state index in [4.69, 9.17) is 4.74 Å². The Labute approximate surface area is 187 Å². The molecule has 3 aromatic rings. The fourth-order valence-electron chi connectivity index (χ4n) is 3.92. The molecule has 0 saturated carbocycles. The van der Waals surface area contributed by atoms with Gasteiger partial charge in [-0.3, -0.25) is 9.59 Å². The fourth-order valence-corrected chi connectivity index (χ4v) is 3.92. The summed E-state index contributed by atoms with van der Waals surface area (Å²) in [5, 5.41) is 6.04. The zero-order chi connectivity index (χ0) is 22.5. The summed E-state index contributed by atoms with van der Waals surface area (Å²) in [4.78, 5) is 34.7.